The van der Waals surface area contributed by atoms with Gasteiger partial charge in [0.1, 0.15) is 0 Å². The fraction of sp³-hybridized carbons (Fsp3) is 0.741. The minimum atomic E-state index is 0.718. The van der Waals surface area contributed by atoms with Gasteiger partial charge in [-0.3, -0.25) is 0 Å². The van der Waals surface area contributed by atoms with Gasteiger partial charge in [-0.15, -0.1) is 0 Å². The molecule has 2 aromatic heterocycles. The molecule has 2 fully saturated rings. The highest BCUT2D eigenvalue weighted by molar-refractivity contribution is 5.68. The summed E-state index contributed by atoms with van der Waals surface area (Å²) in [6, 6.07) is 2.43. The largest absolute Gasteiger partial charge is 0.382 e. The summed E-state index contributed by atoms with van der Waals surface area (Å²) in [5.74, 6) is 1.62. The van der Waals surface area contributed by atoms with Gasteiger partial charge < -0.3 is 9.72 Å². The number of nitrogens with zero attached hydrogens (tertiary/aromatic N) is 2. The second kappa shape index (κ2) is 11.8. The van der Waals surface area contributed by atoms with Gasteiger partial charge in [0.05, 0.1) is 5.69 Å². The van der Waals surface area contributed by atoms with Gasteiger partial charge in [0.2, 0.25) is 0 Å². The van der Waals surface area contributed by atoms with Crippen LogP contribution in [-0.4, -0.2) is 15.9 Å². The van der Waals surface area contributed by atoms with Crippen molar-refractivity contribution in [3.05, 3.63) is 30.2 Å². The quantitative estimate of drug-likeness (QED) is 0.540. The fourth-order valence-electron chi connectivity index (χ4n) is 5.79. The second-order valence-corrected chi connectivity index (χ2v) is 10.0. The molecule has 2 aliphatic rings. The van der Waals surface area contributed by atoms with Crippen molar-refractivity contribution in [1.29, 1.82) is 0 Å². The normalized spacial score (nSPS) is 21.2. The van der Waals surface area contributed by atoms with Crippen LogP contribution in [0.3, 0.4) is 0 Å². The molecular weight excluding hydrogens is 366 g/mol. The van der Waals surface area contributed by atoms with Crippen LogP contribution >= 0.6 is 0 Å². The van der Waals surface area contributed by atoms with Crippen LogP contribution in [-0.2, 0) is 0 Å². The maximum Gasteiger partial charge on any atom is 0.160 e. The van der Waals surface area contributed by atoms with E-state index in [9.17, 15) is 0 Å². The Morgan fingerprint density at radius 1 is 0.800 bits per heavy atom. The molecule has 4 rings (SSSR count). The van der Waals surface area contributed by atoms with Crippen LogP contribution in [0.2, 0.25) is 0 Å². The zero-order chi connectivity index (χ0) is 20.4. The number of hydrogen-bond donors (Lipinski definition) is 1. The van der Waals surface area contributed by atoms with Crippen LogP contribution in [0.15, 0.2) is 24.7 Å². The molecule has 2 aliphatic carbocycles. The standard InChI is InChI=1S/C27H43N3/c1-2-5-9-13-23(14-10-6-3-1)17-18-28-26-21-25(22-30-20-19-29-27(26)30)24-15-11-7-4-8-12-16-24/h19-24,28H,1-18H2. The second-order valence-electron chi connectivity index (χ2n) is 10.0. The van der Waals surface area contributed by atoms with E-state index in [2.05, 4.69) is 33.2 Å². The summed E-state index contributed by atoms with van der Waals surface area (Å²) in [6.07, 6.45) is 30.5. The zero-order valence-electron chi connectivity index (χ0n) is 19.1. The van der Waals surface area contributed by atoms with E-state index in [1.807, 2.05) is 6.20 Å². The minimum Gasteiger partial charge on any atom is -0.382 e. The van der Waals surface area contributed by atoms with Crippen molar-refractivity contribution in [1.82, 2.24) is 9.38 Å². The molecule has 2 aromatic rings. The number of nitrogens with one attached hydrogen (secondary N) is 1. The molecule has 0 radical (unpaired) electrons. The van der Waals surface area contributed by atoms with Gasteiger partial charge in [-0.05, 0) is 42.7 Å². The minimum absolute atomic E-state index is 0.718. The van der Waals surface area contributed by atoms with Crippen LogP contribution in [0.1, 0.15) is 121 Å². The lowest BCUT2D eigenvalue weighted by molar-refractivity contribution is 0.375. The number of hydrogen-bond acceptors (Lipinski definition) is 2. The summed E-state index contributed by atoms with van der Waals surface area (Å²) in [7, 11) is 0. The van der Waals surface area contributed by atoms with Crippen molar-refractivity contribution >= 4 is 11.3 Å². The molecule has 0 spiro atoms. The first-order valence-electron chi connectivity index (χ1n) is 13.1. The monoisotopic (exact) mass is 409 g/mol. The van der Waals surface area contributed by atoms with E-state index in [1.54, 1.807) is 0 Å². The first-order valence-corrected chi connectivity index (χ1v) is 13.1. The number of pyridine rings is 1. The van der Waals surface area contributed by atoms with Crippen LogP contribution in [0.25, 0.3) is 5.65 Å². The van der Waals surface area contributed by atoms with E-state index in [-0.39, 0.29) is 0 Å². The highest BCUT2D eigenvalue weighted by atomic mass is 15.0. The third-order valence-electron chi connectivity index (χ3n) is 7.68. The van der Waals surface area contributed by atoms with Crippen LogP contribution in [0, 0.1) is 5.92 Å². The van der Waals surface area contributed by atoms with E-state index in [4.69, 9.17) is 0 Å². The lowest BCUT2D eigenvalue weighted by Crippen LogP contribution is -2.12. The summed E-state index contributed by atoms with van der Waals surface area (Å²) >= 11 is 0. The van der Waals surface area contributed by atoms with Crippen LogP contribution in [0.4, 0.5) is 5.69 Å². The molecule has 0 aromatic carbocycles. The SMILES string of the molecule is c1cn2cc(C3CCCCCCC3)cc(NCCC3CCCCCCCCC3)c2n1. The summed E-state index contributed by atoms with van der Waals surface area (Å²) in [5.41, 5.74) is 3.86. The van der Waals surface area contributed by atoms with Crippen molar-refractivity contribution in [3.63, 3.8) is 0 Å². The van der Waals surface area contributed by atoms with E-state index < -0.39 is 0 Å². The molecular formula is C27H43N3. The summed E-state index contributed by atoms with van der Waals surface area (Å²) in [4.78, 5) is 4.65. The summed E-state index contributed by atoms with van der Waals surface area (Å²) in [5, 5.41) is 3.81. The molecule has 0 atom stereocenters. The van der Waals surface area contributed by atoms with Gasteiger partial charge >= 0.3 is 0 Å². The van der Waals surface area contributed by atoms with E-state index in [0.29, 0.717) is 0 Å². The highest BCUT2D eigenvalue weighted by Gasteiger charge is 2.17. The maximum atomic E-state index is 4.65. The lowest BCUT2D eigenvalue weighted by Gasteiger charge is -2.22. The fourth-order valence-corrected chi connectivity index (χ4v) is 5.79. The predicted molar refractivity (Wildman–Crippen MR) is 128 cm³/mol. The van der Waals surface area contributed by atoms with Gasteiger partial charge in [-0.2, -0.15) is 0 Å². The lowest BCUT2D eigenvalue weighted by atomic mass is 9.86. The smallest absolute Gasteiger partial charge is 0.160 e. The molecule has 2 saturated carbocycles. The first-order chi connectivity index (χ1) is 14.9. The van der Waals surface area contributed by atoms with Gasteiger partial charge in [0, 0.05) is 25.1 Å². The zero-order valence-corrected chi connectivity index (χ0v) is 19.1. The van der Waals surface area contributed by atoms with E-state index in [0.717, 1.165) is 24.0 Å². The Hall–Kier alpha value is -1.51. The van der Waals surface area contributed by atoms with E-state index in [1.165, 1.54) is 120 Å². The summed E-state index contributed by atoms with van der Waals surface area (Å²) in [6.45, 7) is 1.08. The molecule has 0 saturated heterocycles. The molecule has 30 heavy (non-hydrogen) atoms. The Morgan fingerprint density at radius 3 is 2.07 bits per heavy atom. The number of aromatic nitrogens is 2. The Balaban J connectivity index is 1.39. The molecule has 0 bridgehead atoms. The van der Waals surface area contributed by atoms with Crippen molar-refractivity contribution in [3.8, 4) is 0 Å². The molecule has 3 nitrogen and oxygen atoms in total. The van der Waals surface area contributed by atoms with Gasteiger partial charge in [-0.1, -0.05) is 89.9 Å². The van der Waals surface area contributed by atoms with Gasteiger partial charge in [0.15, 0.2) is 5.65 Å². The highest BCUT2D eigenvalue weighted by Crippen LogP contribution is 2.33. The van der Waals surface area contributed by atoms with Gasteiger partial charge in [0.25, 0.3) is 0 Å². The molecule has 0 aliphatic heterocycles. The Labute approximate surface area is 184 Å². The first kappa shape index (κ1) is 21.7. The molecule has 2 heterocycles. The topological polar surface area (TPSA) is 29.3 Å². The van der Waals surface area contributed by atoms with Crippen molar-refractivity contribution < 1.29 is 0 Å². The number of anilines is 1. The Kier molecular flexibility index (Phi) is 8.52. The molecule has 0 unspecified atom stereocenters. The molecule has 3 heteroatoms. The third-order valence-corrected chi connectivity index (χ3v) is 7.68. The molecule has 1 N–H and O–H groups in total. The Bertz CT molecular complexity index is 732. The molecule has 166 valence electrons. The van der Waals surface area contributed by atoms with E-state index >= 15 is 0 Å². The predicted octanol–water partition coefficient (Wildman–Crippen LogP) is 8.10. The Morgan fingerprint density at radius 2 is 1.40 bits per heavy atom. The van der Waals surface area contributed by atoms with Crippen LogP contribution in [0.5, 0.6) is 0 Å². The average Bonchev–Trinajstić information content (AvgIpc) is 3.21. The average molecular weight is 410 g/mol. The van der Waals surface area contributed by atoms with Crippen molar-refractivity contribution in [2.45, 2.75) is 115 Å². The van der Waals surface area contributed by atoms with Crippen molar-refractivity contribution in [2.24, 2.45) is 5.92 Å². The maximum absolute atomic E-state index is 4.65. The molecule has 0 amide bonds. The van der Waals surface area contributed by atoms with Crippen LogP contribution < -0.4 is 5.32 Å². The van der Waals surface area contributed by atoms with Crippen molar-refractivity contribution in [2.75, 3.05) is 11.9 Å². The van der Waals surface area contributed by atoms with Gasteiger partial charge in [-0.25, -0.2) is 4.98 Å². The number of rotatable bonds is 5. The third kappa shape index (κ3) is 6.25. The summed E-state index contributed by atoms with van der Waals surface area (Å²) < 4.78 is 2.25. The number of imidazole rings is 1. The number of fused-ring (bicyclic) bond motifs is 1.